The minimum atomic E-state index is -3.95. The number of piperazine rings is 1. The molecule has 0 saturated carbocycles. The van der Waals surface area contributed by atoms with Crippen LogP contribution in [0.4, 0.5) is 10.1 Å². The zero-order chi connectivity index (χ0) is 25.0. The van der Waals surface area contributed by atoms with E-state index in [-0.39, 0.29) is 29.7 Å². The van der Waals surface area contributed by atoms with Crippen molar-refractivity contribution in [2.45, 2.75) is 18.4 Å². The molecule has 4 rings (SSSR count). The van der Waals surface area contributed by atoms with Gasteiger partial charge >= 0.3 is 0 Å². The van der Waals surface area contributed by atoms with Crippen LogP contribution >= 0.6 is 11.6 Å². The Kier molecular flexibility index (Phi) is 7.74. The average Bonchev–Trinajstić information content (AvgIpc) is 2.85. The number of nitrogens with zero attached hydrogens (tertiary/aromatic N) is 3. The molecule has 1 saturated heterocycles. The molecule has 3 aromatic carbocycles. The SMILES string of the molecule is Cc1ccc(CN(CC(=O)N2CCN(c3ccccc3F)CC2)S(=O)(=O)c2ccc(Cl)cc2)cc1. The first-order chi connectivity index (χ1) is 16.7. The zero-order valence-electron chi connectivity index (χ0n) is 19.4. The fourth-order valence-corrected chi connectivity index (χ4v) is 5.54. The van der Waals surface area contributed by atoms with Crippen LogP contribution in [-0.2, 0) is 21.4 Å². The molecule has 184 valence electrons. The standard InChI is InChI=1S/C26H27ClFN3O3S/c1-20-6-8-21(9-7-20)18-31(35(33,34)23-12-10-22(27)11-13-23)19-26(32)30-16-14-29(15-17-30)25-5-3-2-4-24(25)28/h2-13H,14-19H2,1H3. The number of rotatable bonds is 7. The van der Waals surface area contributed by atoms with Crippen LogP contribution in [-0.4, -0.2) is 56.3 Å². The van der Waals surface area contributed by atoms with E-state index in [2.05, 4.69) is 0 Å². The minimum absolute atomic E-state index is 0.0617. The predicted molar refractivity (Wildman–Crippen MR) is 135 cm³/mol. The molecule has 9 heteroatoms. The molecule has 6 nitrogen and oxygen atoms in total. The number of halogens is 2. The Morgan fingerprint density at radius 2 is 1.57 bits per heavy atom. The van der Waals surface area contributed by atoms with Crippen molar-refractivity contribution in [2.24, 2.45) is 0 Å². The normalized spacial score (nSPS) is 14.4. The highest BCUT2D eigenvalue weighted by Gasteiger charge is 2.30. The van der Waals surface area contributed by atoms with Gasteiger partial charge in [0.15, 0.2) is 0 Å². The van der Waals surface area contributed by atoms with E-state index in [1.165, 1.54) is 34.6 Å². The van der Waals surface area contributed by atoms with Crippen LogP contribution in [0.3, 0.4) is 0 Å². The number of para-hydroxylation sites is 1. The highest BCUT2D eigenvalue weighted by Crippen LogP contribution is 2.23. The highest BCUT2D eigenvalue weighted by atomic mass is 35.5. The van der Waals surface area contributed by atoms with Gasteiger partial charge in [0.25, 0.3) is 0 Å². The summed E-state index contributed by atoms with van der Waals surface area (Å²) in [5.41, 5.74) is 2.35. The summed E-state index contributed by atoms with van der Waals surface area (Å²) in [4.78, 5) is 16.8. The third-order valence-corrected chi connectivity index (χ3v) is 8.13. The van der Waals surface area contributed by atoms with Gasteiger partial charge in [0.05, 0.1) is 17.1 Å². The van der Waals surface area contributed by atoms with Crippen molar-refractivity contribution >= 4 is 33.2 Å². The fraction of sp³-hybridized carbons (Fsp3) is 0.269. The van der Waals surface area contributed by atoms with E-state index in [4.69, 9.17) is 11.6 Å². The van der Waals surface area contributed by atoms with Crippen LogP contribution in [0.1, 0.15) is 11.1 Å². The number of hydrogen-bond acceptors (Lipinski definition) is 4. The van der Waals surface area contributed by atoms with E-state index in [9.17, 15) is 17.6 Å². The van der Waals surface area contributed by atoms with E-state index < -0.39 is 10.0 Å². The van der Waals surface area contributed by atoms with Crippen LogP contribution in [0.2, 0.25) is 5.02 Å². The van der Waals surface area contributed by atoms with Gasteiger partial charge in [-0.3, -0.25) is 4.79 Å². The van der Waals surface area contributed by atoms with Crippen molar-refractivity contribution in [1.82, 2.24) is 9.21 Å². The highest BCUT2D eigenvalue weighted by molar-refractivity contribution is 7.89. The molecular weight excluding hydrogens is 489 g/mol. The molecule has 0 spiro atoms. The zero-order valence-corrected chi connectivity index (χ0v) is 21.0. The summed E-state index contributed by atoms with van der Waals surface area (Å²) in [6, 6.07) is 20.0. The van der Waals surface area contributed by atoms with Gasteiger partial charge in [-0.1, -0.05) is 53.6 Å². The Morgan fingerprint density at radius 3 is 2.20 bits per heavy atom. The lowest BCUT2D eigenvalue weighted by Crippen LogP contribution is -2.52. The lowest BCUT2D eigenvalue weighted by atomic mass is 10.1. The van der Waals surface area contributed by atoms with Gasteiger partial charge in [-0.25, -0.2) is 12.8 Å². The number of aryl methyl sites for hydroxylation is 1. The molecule has 3 aromatic rings. The first kappa shape index (κ1) is 25.2. The molecule has 0 aromatic heterocycles. The summed E-state index contributed by atoms with van der Waals surface area (Å²) in [7, 11) is -3.95. The molecule has 0 aliphatic carbocycles. The summed E-state index contributed by atoms with van der Waals surface area (Å²) in [5, 5.41) is 0.429. The van der Waals surface area contributed by atoms with E-state index >= 15 is 0 Å². The Balaban J connectivity index is 1.50. The van der Waals surface area contributed by atoms with Gasteiger partial charge in [0.1, 0.15) is 5.82 Å². The summed E-state index contributed by atoms with van der Waals surface area (Å²) in [6.45, 7) is 3.42. The molecule has 35 heavy (non-hydrogen) atoms. The van der Waals surface area contributed by atoms with Crippen LogP contribution in [0.5, 0.6) is 0 Å². The quantitative estimate of drug-likeness (QED) is 0.470. The molecule has 1 heterocycles. The molecule has 0 N–H and O–H groups in total. The molecular formula is C26H27ClFN3O3S. The largest absolute Gasteiger partial charge is 0.366 e. The van der Waals surface area contributed by atoms with E-state index in [1.54, 1.807) is 23.1 Å². The Morgan fingerprint density at radius 1 is 0.943 bits per heavy atom. The predicted octanol–water partition coefficient (Wildman–Crippen LogP) is 4.33. The summed E-state index contributed by atoms with van der Waals surface area (Å²) in [5.74, 6) is -0.589. The van der Waals surface area contributed by atoms with Crippen LogP contribution in [0, 0.1) is 12.7 Å². The van der Waals surface area contributed by atoms with E-state index in [1.807, 2.05) is 36.1 Å². The first-order valence-corrected chi connectivity index (χ1v) is 13.1. The molecule has 0 radical (unpaired) electrons. The van der Waals surface area contributed by atoms with Gasteiger partial charge in [0, 0.05) is 37.7 Å². The molecule has 1 fully saturated rings. The molecule has 1 aliphatic heterocycles. The van der Waals surface area contributed by atoms with Crippen LogP contribution < -0.4 is 4.90 Å². The van der Waals surface area contributed by atoms with E-state index in [0.717, 1.165) is 11.1 Å². The number of benzene rings is 3. The lowest BCUT2D eigenvalue weighted by Gasteiger charge is -2.37. The maximum atomic E-state index is 14.1. The van der Waals surface area contributed by atoms with E-state index in [0.29, 0.717) is 36.9 Å². The topological polar surface area (TPSA) is 60.9 Å². The van der Waals surface area contributed by atoms with Gasteiger partial charge in [-0.05, 0) is 48.9 Å². The number of anilines is 1. The second-order valence-electron chi connectivity index (χ2n) is 8.53. The van der Waals surface area contributed by atoms with Gasteiger partial charge in [0.2, 0.25) is 15.9 Å². The van der Waals surface area contributed by atoms with Gasteiger partial charge < -0.3 is 9.80 Å². The Hall–Kier alpha value is -2.94. The number of sulfonamides is 1. The molecule has 0 atom stereocenters. The maximum Gasteiger partial charge on any atom is 0.243 e. The number of carbonyl (C=O) groups is 1. The lowest BCUT2D eigenvalue weighted by molar-refractivity contribution is -0.131. The summed E-state index contributed by atoms with van der Waals surface area (Å²) < 4.78 is 42.3. The van der Waals surface area contributed by atoms with Crippen molar-refractivity contribution in [3.8, 4) is 0 Å². The second-order valence-corrected chi connectivity index (χ2v) is 10.9. The molecule has 0 bridgehead atoms. The summed E-state index contributed by atoms with van der Waals surface area (Å²) >= 11 is 5.94. The first-order valence-electron chi connectivity index (χ1n) is 11.3. The number of carbonyl (C=O) groups excluding carboxylic acids is 1. The third-order valence-electron chi connectivity index (χ3n) is 6.07. The Bertz CT molecular complexity index is 1280. The average molecular weight is 516 g/mol. The maximum absolute atomic E-state index is 14.1. The summed E-state index contributed by atoms with van der Waals surface area (Å²) in [6.07, 6.45) is 0. The number of hydrogen-bond donors (Lipinski definition) is 0. The minimum Gasteiger partial charge on any atom is -0.366 e. The molecule has 1 aliphatic rings. The van der Waals surface area contributed by atoms with Crippen LogP contribution in [0.15, 0.2) is 77.7 Å². The fourth-order valence-electron chi connectivity index (χ4n) is 4.03. The molecule has 0 unspecified atom stereocenters. The smallest absolute Gasteiger partial charge is 0.243 e. The third kappa shape index (κ3) is 6.01. The van der Waals surface area contributed by atoms with Crippen molar-refractivity contribution in [3.05, 3.63) is 94.8 Å². The monoisotopic (exact) mass is 515 g/mol. The van der Waals surface area contributed by atoms with Crippen molar-refractivity contribution in [3.63, 3.8) is 0 Å². The number of amides is 1. The Labute approximate surface area is 210 Å². The second kappa shape index (κ2) is 10.8. The van der Waals surface area contributed by atoms with Crippen molar-refractivity contribution in [2.75, 3.05) is 37.6 Å². The molecule has 1 amide bonds. The van der Waals surface area contributed by atoms with Crippen LogP contribution in [0.25, 0.3) is 0 Å². The van der Waals surface area contributed by atoms with Crippen molar-refractivity contribution < 1.29 is 17.6 Å². The van der Waals surface area contributed by atoms with Crippen molar-refractivity contribution in [1.29, 1.82) is 0 Å². The van der Waals surface area contributed by atoms with Gasteiger partial charge in [-0.15, -0.1) is 0 Å². The van der Waals surface area contributed by atoms with Gasteiger partial charge in [-0.2, -0.15) is 4.31 Å².